The third-order valence-corrected chi connectivity index (χ3v) is 4.80. The first kappa shape index (κ1) is 14.6. The van der Waals surface area contributed by atoms with Crippen LogP contribution >= 0.6 is 0 Å². The quantitative estimate of drug-likeness (QED) is 0.922. The van der Waals surface area contributed by atoms with E-state index in [0.717, 1.165) is 17.9 Å². The summed E-state index contributed by atoms with van der Waals surface area (Å²) in [4.78, 5) is 2.64. The van der Waals surface area contributed by atoms with Crippen LogP contribution in [0.5, 0.6) is 0 Å². The van der Waals surface area contributed by atoms with Gasteiger partial charge in [-0.15, -0.1) is 0 Å². The van der Waals surface area contributed by atoms with E-state index in [1.165, 1.54) is 49.6 Å². The van der Waals surface area contributed by atoms with Crippen LogP contribution in [-0.2, 0) is 13.1 Å². The summed E-state index contributed by atoms with van der Waals surface area (Å²) in [6.45, 7) is 4.96. The third-order valence-electron chi connectivity index (χ3n) is 4.80. The highest BCUT2D eigenvalue weighted by Gasteiger charge is 2.22. The molecule has 21 heavy (non-hydrogen) atoms. The molecule has 1 aliphatic rings. The van der Waals surface area contributed by atoms with Crippen LogP contribution in [0.3, 0.4) is 0 Å². The molecule has 1 aliphatic heterocycles. The number of hydrogen-bond acceptors (Lipinski definition) is 3. The lowest BCUT2D eigenvalue weighted by Crippen LogP contribution is -2.34. The number of nitrogens with zero attached hydrogens (tertiary/aromatic N) is 1. The normalized spacial score (nSPS) is 20.8. The fourth-order valence-corrected chi connectivity index (χ4v) is 3.60. The largest absolute Gasteiger partial charge is 0.459 e. The van der Waals surface area contributed by atoms with E-state index in [1.54, 1.807) is 0 Å². The number of likely N-dealkylation sites (tertiary alicyclic amines) is 1. The molecule has 1 aromatic carbocycles. The van der Waals surface area contributed by atoms with Crippen molar-refractivity contribution in [1.82, 2.24) is 4.90 Å². The van der Waals surface area contributed by atoms with Crippen molar-refractivity contribution in [2.75, 3.05) is 6.54 Å². The Morgan fingerprint density at radius 2 is 2.10 bits per heavy atom. The Kier molecular flexibility index (Phi) is 4.61. The van der Waals surface area contributed by atoms with Crippen molar-refractivity contribution in [3.05, 3.63) is 35.6 Å². The third kappa shape index (κ3) is 2.99. The second-order valence-corrected chi connectivity index (χ2v) is 6.09. The SMILES string of the molecule is CCC1CCCCCN1Cc1c(CN)oc2ccccc12. The van der Waals surface area contributed by atoms with Gasteiger partial charge in [-0.05, 0) is 31.9 Å². The van der Waals surface area contributed by atoms with Crippen LogP contribution in [0, 0.1) is 0 Å². The molecule has 3 nitrogen and oxygen atoms in total. The molecular formula is C18H26N2O. The minimum atomic E-state index is 0.481. The number of furan rings is 1. The lowest BCUT2D eigenvalue weighted by Gasteiger charge is -2.29. The summed E-state index contributed by atoms with van der Waals surface area (Å²) in [7, 11) is 0. The maximum absolute atomic E-state index is 5.94. The molecule has 0 radical (unpaired) electrons. The number of nitrogens with two attached hydrogens (primary N) is 1. The summed E-state index contributed by atoms with van der Waals surface area (Å²) in [6.07, 6.45) is 6.59. The minimum absolute atomic E-state index is 0.481. The Labute approximate surface area is 127 Å². The van der Waals surface area contributed by atoms with Crippen LogP contribution in [0.15, 0.2) is 28.7 Å². The Bertz CT molecular complexity index is 590. The van der Waals surface area contributed by atoms with Crippen molar-refractivity contribution in [2.24, 2.45) is 5.73 Å². The predicted molar refractivity (Wildman–Crippen MR) is 87.1 cm³/mol. The maximum Gasteiger partial charge on any atom is 0.134 e. The van der Waals surface area contributed by atoms with Gasteiger partial charge < -0.3 is 10.2 Å². The van der Waals surface area contributed by atoms with Gasteiger partial charge in [0.25, 0.3) is 0 Å². The molecule has 3 heteroatoms. The number of benzene rings is 1. The molecule has 2 aromatic rings. The van der Waals surface area contributed by atoms with E-state index in [9.17, 15) is 0 Å². The average Bonchev–Trinajstić information content (AvgIpc) is 2.71. The molecule has 1 atom stereocenters. The molecule has 0 amide bonds. The highest BCUT2D eigenvalue weighted by Crippen LogP contribution is 2.29. The Morgan fingerprint density at radius 3 is 2.90 bits per heavy atom. The summed E-state index contributed by atoms with van der Waals surface area (Å²) in [5, 5.41) is 1.23. The van der Waals surface area contributed by atoms with Gasteiger partial charge in [0.1, 0.15) is 11.3 Å². The van der Waals surface area contributed by atoms with Gasteiger partial charge in [0.2, 0.25) is 0 Å². The lowest BCUT2D eigenvalue weighted by atomic mass is 10.1. The van der Waals surface area contributed by atoms with E-state index in [1.807, 2.05) is 12.1 Å². The molecule has 0 aliphatic carbocycles. The summed E-state index contributed by atoms with van der Waals surface area (Å²) in [6, 6.07) is 9.01. The number of para-hydroxylation sites is 1. The highest BCUT2D eigenvalue weighted by molar-refractivity contribution is 5.82. The van der Waals surface area contributed by atoms with Crippen molar-refractivity contribution < 1.29 is 4.42 Å². The zero-order valence-corrected chi connectivity index (χ0v) is 13.0. The van der Waals surface area contributed by atoms with Gasteiger partial charge in [-0.25, -0.2) is 0 Å². The highest BCUT2D eigenvalue weighted by atomic mass is 16.3. The minimum Gasteiger partial charge on any atom is -0.459 e. The summed E-state index contributed by atoms with van der Waals surface area (Å²) in [5.74, 6) is 0.954. The molecule has 2 N–H and O–H groups in total. The first-order valence-electron chi connectivity index (χ1n) is 8.27. The Morgan fingerprint density at radius 1 is 1.24 bits per heavy atom. The van der Waals surface area contributed by atoms with E-state index < -0.39 is 0 Å². The smallest absolute Gasteiger partial charge is 0.134 e. The average molecular weight is 286 g/mol. The van der Waals surface area contributed by atoms with Crippen LogP contribution in [0.2, 0.25) is 0 Å². The van der Waals surface area contributed by atoms with Gasteiger partial charge in [-0.3, -0.25) is 4.90 Å². The van der Waals surface area contributed by atoms with Crippen LogP contribution in [0.25, 0.3) is 11.0 Å². The van der Waals surface area contributed by atoms with E-state index >= 15 is 0 Å². The van der Waals surface area contributed by atoms with Gasteiger partial charge in [-0.2, -0.15) is 0 Å². The van der Waals surface area contributed by atoms with Crippen LogP contribution in [-0.4, -0.2) is 17.5 Å². The summed E-state index contributed by atoms with van der Waals surface area (Å²) in [5.41, 5.74) is 8.17. The molecule has 1 unspecified atom stereocenters. The Hall–Kier alpha value is -1.32. The molecule has 0 bridgehead atoms. The second kappa shape index (κ2) is 6.63. The zero-order chi connectivity index (χ0) is 14.7. The molecule has 0 saturated carbocycles. The van der Waals surface area contributed by atoms with Gasteiger partial charge in [0.15, 0.2) is 0 Å². The van der Waals surface area contributed by atoms with E-state index in [-0.39, 0.29) is 0 Å². The summed E-state index contributed by atoms with van der Waals surface area (Å²) < 4.78 is 5.94. The monoisotopic (exact) mass is 286 g/mol. The molecule has 0 spiro atoms. The maximum atomic E-state index is 5.94. The van der Waals surface area contributed by atoms with Crippen LogP contribution in [0.4, 0.5) is 0 Å². The van der Waals surface area contributed by atoms with Gasteiger partial charge >= 0.3 is 0 Å². The van der Waals surface area contributed by atoms with Crippen molar-refractivity contribution in [1.29, 1.82) is 0 Å². The standard InChI is InChI=1S/C18H26N2O/c1-2-14-8-4-3-7-11-20(14)13-16-15-9-5-6-10-17(15)21-18(16)12-19/h5-6,9-10,14H,2-4,7-8,11-13,19H2,1H3. The van der Waals surface area contributed by atoms with Gasteiger partial charge in [0.05, 0.1) is 6.54 Å². The predicted octanol–water partition coefficient (Wildman–Crippen LogP) is 4.05. The van der Waals surface area contributed by atoms with E-state index in [2.05, 4.69) is 24.0 Å². The number of rotatable bonds is 4. The van der Waals surface area contributed by atoms with Crippen LogP contribution < -0.4 is 5.73 Å². The molecule has 1 saturated heterocycles. The number of hydrogen-bond donors (Lipinski definition) is 1. The molecule has 2 heterocycles. The fourth-order valence-electron chi connectivity index (χ4n) is 3.60. The number of fused-ring (bicyclic) bond motifs is 1. The van der Waals surface area contributed by atoms with E-state index in [4.69, 9.17) is 10.2 Å². The molecule has 3 rings (SSSR count). The fraction of sp³-hybridized carbons (Fsp3) is 0.556. The van der Waals surface area contributed by atoms with E-state index in [0.29, 0.717) is 12.6 Å². The van der Waals surface area contributed by atoms with Crippen molar-refractivity contribution in [3.63, 3.8) is 0 Å². The molecule has 1 aromatic heterocycles. The molecular weight excluding hydrogens is 260 g/mol. The topological polar surface area (TPSA) is 42.4 Å². The van der Waals surface area contributed by atoms with Gasteiger partial charge in [-0.1, -0.05) is 38.0 Å². The summed E-state index contributed by atoms with van der Waals surface area (Å²) >= 11 is 0. The Balaban J connectivity index is 1.92. The first-order valence-corrected chi connectivity index (χ1v) is 8.27. The van der Waals surface area contributed by atoms with Gasteiger partial charge in [0, 0.05) is 23.5 Å². The second-order valence-electron chi connectivity index (χ2n) is 6.09. The molecule has 114 valence electrons. The lowest BCUT2D eigenvalue weighted by molar-refractivity contribution is 0.185. The van der Waals surface area contributed by atoms with Crippen molar-refractivity contribution >= 4 is 11.0 Å². The van der Waals surface area contributed by atoms with Crippen LogP contribution in [0.1, 0.15) is 50.4 Å². The molecule has 1 fully saturated rings. The van der Waals surface area contributed by atoms with Crippen molar-refractivity contribution in [3.8, 4) is 0 Å². The van der Waals surface area contributed by atoms with Crippen molar-refractivity contribution in [2.45, 2.75) is 58.2 Å². The zero-order valence-electron chi connectivity index (χ0n) is 13.0. The first-order chi connectivity index (χ1) is 10.3.